The molecule has 1 aromatic carbocycles. The number of aryl methyl sites for hydroxylation is 1. The molecule has 1 unspecified atom stereocenters. The highest BCUT2D eigenvalue weighted by Crippen LogP contribution is 2.27. The summed E-state index contributed by atoms with van der Waals surface area (Å²) in [6.45, 7) is 0. The van der Waals surface area contributed by atoms with E-state index in [-0.39, 0.29) is 6.04 Å². The largest absolute Gasteiger partial charge is 0.459 e. The van der Waals surface area contributed by atoms with Gasteiger partial charge >= 0.3 is 0 Å². The van der Waals surface area contributed by atoms with Crippen molar-refractivity contribution in [3.8, 4) is 0 Å². The van der Waals surface area contributed by atoms with E-state index in [1.165, 1.54) is 0 Å². The Hall–Kier alpha value is -1.79. The molecule has 2 heterocycles. The molecule has 0 amide bonds. The molecule has 0 fully saturated rings. The first-order chi connectivity index (χ1) is 9.78. The summed E-state index contributed by atoms with van der Waals surface area (Å²) in [4.78, 5) is 0. The second-order valence-electron chi connectivity index (χ2n) is 4.56. The minimum absolute atomic E-state index is 0.143. The number of rotatable bonds is 5. The summed E-state index contributed by atoms with van der Waals surface area (Å²) >= 11 is 1.66. The van der Waals surface area contributed by atoms with Gasteiger partial charge in [0.15, 0.2) is 5.16 Å². The zero-order chi connectivity index (χ0) is 13.9. The first-order valence-electron chi connectivity index (χ1n) is 6.40. The SMILES string of the molecule is CNC(CSc1nncn1C)c1cc2ccccc2o1. The van der Waals surface area contributed by atoms with Crippen LogP contribution < -0.4 is 5.32 Å². The molecular formula is C14H16N4OS. The Kier molecular flexibility index (Phi) is 3.75. The molecule has 104 valence electrons. The molecule has 3 rings (SSSR count). The summed E-state index contributed by atoms with van der Waals surface area (Å²) in [5.74, 6) is 1.78. The zero-order valence-electron chi connectivity index (χ0n) is 11.4. The molecule has 3 aromatic rings. The fourth-order valence-electron chi connectivity index (χ4n) is 2.04. The second-order valence-corrected chi connectivity index (χ2v) is 5.55. The molecular weight excluding hydrogens is 272 g/mol. The smallest absolute Gasteiger partial charge is 0.190 e. The van der Waals surface area contributed by atoms with E-state index in [1.54, 1.807) is 18.1 Å². The topological polar surface area (TPSA) is 55.9 Å². The molecule has 20 heavy (non-hydrogen) atoms. The molecule has 0 saturated heterocycles. The first kappa shape index (κ1) is 13.2. The molecule has 0 spiro atoms. The van der Waals surface area contributed by atoms with Crippen molar-refractivity contribution in [3.05, 3.63) is 42.4 Å². The van der Waals surface area contributed by atoms with Gasteiger partial charge in [-0.3, -0.25) is 0 Å². The number of fused-ring (bicyclic) bond motifs is 1. The molecule has 1 N–H and O–H groups in total. The Balaban J connectivity index is 1.77. The highest BCUT2D eigenvalue weighted by atomic mass is 32.2. The van der Waals surface area contributed by atoms with Gasteiger partial charge in [-0.2, -0.15) is 0 Å². The molecule has 0 aliphatic carbocycles. The lowest BCUT2D eigenvalue weighted by molar-refractivity contribution is 0.479. The monoisotopic (exact) mass is 288 g/mol. The van der Waals surface area contributed by atoms with E-state index in [1.807, 2.05) is 36.9 Å². The van der Waals surface area contributed by atoms with Crippen molar-refractivity contribution in [1.82, 2.24) is 20.1 Å². The maximum atomic E-state index is 5.90. The van der Waals surface area contributed by atoms with Crippen molar-refractivity contribution in [3.63, 3.8) is 0 Å². The average molecular weight is 288 g/mol. The Morgan fingerprint density at radius 2 is 2.25 bits per heavy atom. The van der Waals surface area contributed by atoms with Crippen LogP contribution in [0.2, 0.25) is 0 Å². The van der Waals surface area contributed by atoms with E-state index in [0.717, 1.165) is 27.6 Å². The van der Waals surface area contributed by atoms with Gasteiger partial charge in [0, 0.05) is 18.2 Å². The van der Waals surface area contributed by atoms with Crippen LogP contribution in [0.3, 0.4) is 0 Å². The third-order valence-corrected chi connectivity index (χ3v) is 4.31. The fourth-order valence-corrected chi connectivity index (χ4v) is 3.05. The van der Waals surface area contributed by atoms with Crippen molar-refractivity contribution < 1.29 is 4.42 Å². The third kappa shape index (κ3) is 2.57. The summed E-state index contributed by atoms with van der Waals surface area (Å²) < 4.78 is 7.82. The number of hydrogen-bond acceptors (Lipinski definition) is 5. The Bertz CT molecular complexity index is 673. The van der Waals surface area contributed by atoms with E-state index in [0.29, 0.717) is 0 Å². The highest BCUT2D eigenvalue weighted by Gasteiger charge is 2.16. The Morgan fingerprint density at radius 1 is 1.40 bits per heavy atom. The molecule has 0 bridgehead atoms. The van der Waals surface area contributed by atoms with Gasteiger partial charge in [0.25, 0.3) is 0 Å². The van der Waals surface area contributed by atoms with Crippen LogP contribution in [0.1, 0.15) is 11.8 Å². The van der Waals surface area contributed by atoms with Crippen LogP contribution in [0.15, 0.2) is 46.2 Å². The fraction of sp³-hybridized carbons (Fsp3) is 0.286. The number of nitrogens with zero attached hydrogens (tertiary/aromatic N) is 3. The van der Waals surface area contributed by atoms with Gasteiger partial charge in [0.1, 0.15) is 17.7 Å². The number of para-hydroxylation sites is 1. The number of furan rings is 1. The van der Waals surface area contributed by atoms with Crippen molar-refractivity contribution in [1.29, 1.82) is 0 Å². The summed E-state index contributed by atoms with van der Waals surface area (Å²) in [5, 5.41) is 13.3. The van der Waals surface area contributed by atoms with E-state index in [4.69, 9.17) is 4.42 Å². The zero-order valence-corrected chi connectivity index (χ0v) is 12.2. The molecule has 5 nitrogen and oxygen atoms in total. The van der Waals surface area contributed by atoms with Crippen LogP contribution in [0.25, 0.3) is 11.0 Å². The quantitative estimate of drug-likeness (QED) is 0.731. The number of aromatic nitrogens is 3. The van der Waals surface area contributed by atoms with E-state index >= 15 is 0 Å². The Labute approximate surface area is 121 Å². The van der Waals surface area contributed by atoms with Crippen LogP contribution >= 0.6 is 11.8 Å². The van der Waals surface area contributed by atoms with Crippen LogP contribution in [0, 0.1) is 0 Å². The number of nitrogens with one attached hydrogen (secondary N) is 1. The lowest BCUT2D eigenvalue weighted by Gasteiger charge is -2.12. The summed E-state index contributed by atoms with van der Waals surface area (Å²) in [5.41, 5.74) is 0.923. The van der Waals surface area contributed by atoms with Gasteiger partial charge in [-0.25, -0.2) is 0 Å². The van der Waals surface area contributed by atoms with Crippen LogP contribution in [0.4, 0.5) is 0 Å². The predicted molar refractivity (Wildman–Crippen MR) is 79.7 cm³/mol. The standard InChI is InChI=1S/C14H16N4OS/c1-15-11(8-20-14-17-16-9-18(14)2)13-7-10-5-3-4-6-12(10)19-13/h3-7,9,11,15H,8H2,1-2H3. The Morgan fingerprint density at radius 3 is 2.95 bits per heavy atom. The number of hydrogen-bond donors (Lipinski definition) is 1. The second kappa shape index (κ2) is 5.68. The van der Waals surface area contributed by atoms with Gasteiger partial charge in [0.05, 0.1) is 6.04 Å². The summed E-state index contributed by atoms with van der Waals surface area (Å²) in [6, 6.07) is 10.3. The molecule has 6 heteroatoms. The molecule has 2 aromatic heterocycles. The van der Waals surface area contributed by atoms with Crippen LogP contribution in [-0.4, -0.2) is 27.6 Å². The normalized spacial score (nSPS) is 12.9. The summed E-state index contributed by atoms with van der Waals surface area (Å²) in [7, 11) is 3.88. The maximum Gasteiger partial charge on any atom is 0.190 e. The van der Waals surface area contributed by atoms with E-state index < -0.39 is 0 Å². The van der Waals surface area contributed by atoms with Gasteiger partial charge in [-0.05, 0) is 19.2 Å². The van der Waals surface area contributed by atoms with Crippen molar-refractivity contribution >= 4 is 22.7 Å². The van der Waals surface area contributed by atoms with Gasteiger partial charge in [0.2, 0.25) is 0 Å². The number of thioether (sulfide) groups is 1. The van der Waals surface area contributed by atoms with Crippen LogP contribution in [0.5, 0.6) is 0 Å². The van der Waals surface area contributed by atoms with E-state index in [2.05, 4.69) is 27.6 Å². The molecule has 1 atom stereocenters. The van der Waals surface area contributed by atoms with Crippen molar-refractivity contribution in [2.45, 2.75) is 11.2 Å². The van der Waals surface area contributed by atoms with Gasteiger partial charge in [-0.15, -0.1) is 10.2 Å². The van der Waals surface area contributed by atoms with Gasteiger partial charge in [-0.1, -0.05) is 30.0 Å². The third-order valence-electron chi connectivity index (χ3n) is 3.19. The molecule has 0 aliphatic rings. The minimum atomic E-state index is 0.143. The predicted octanol–water partition coefficient (Wildman–Crippen LogP) is 2.61. The molecule has 0 saturated carbocycles. The lowest BCUT2D eigenvalue weighted by atomic mass is 10.2. The number of benzene rings is 1. The van der Waals surface area contributed by atoms with Crippen LogP contribution in [-0.2, 0) is 7.05 Å². The van der Waals surface area contributed by atoms with Gasteiger partial charge < -0.3 is 14.3 Å². The summed E-state index contributed by atoms with van der Waals surface area (Å²) in [6.07, 6.45) is 1.71. The van der Waals surface area contributed by atoms with E-state index in [9.17, 15) is 0 Å². The maximum absolute atomic E-state index is 5.90. The van der Waals surface area contributed by atoms with Crippen molar-refractivity contribution in [2.24, 2.45) is 7.05 Å². The average Bonchev–Trinajstić information content (AvgIpc) is 3.06. The first-order valence-corrected chi connectivity index (χ1v) is 7.39. The van der Waals surface area contributed by atoms with Crippen molar-refractivity contribution in [2.75, 3.05) is 12.8 Å². The highest BCUT2D eigenvalue weighted by molar-refractivity contribution is 7.99. The molecule has 0 radical (unpaired) electrons. The minimum Gasteiger partial charge on any atom is -0.459 e. The lowest BCUT2D eigenvalue weighted by Crippen LogP contribution is -2.18. The molecule has 0 aliphatic heterocycles.